The average molecular weight is 577 g/mol. The summed E-state index contributed by atoms with van der Waals surface area (Å²) < 4.78 is 19.6. The molecule has 0 saturated heterocycles. The fourth-order valence-corrected chi connectivity index (χ4v) is 5.92. The Balaban J connectivity index is 1.67. The number of halogens is 1. The van der Waals surface area contributed by atoms with Crippen LogP contribution < -0.4 is 19.6 Å². The highest BCUT2D eigenvalue weighted by Gasteiger charge is 2.35. The van der Waals surface area contributed by atoms with Crippen LogP contribution >= 0.6 is 22.9 Å². The Morgan fingerprint density at radius 2 is 1.95 bits per heavy atom. The van der Waals surface area contributed by atoms with Crippen LogP contribution in [-0.2, 0) is 9.53 Å². The molecule has 2 aromatic carbocycles. The first-order valence-electron chi connectivity index (χ1n) is 13.0. The van der Waals surface area contributed by atoms with Crippen molar-refractivity contribution in [2.24, 2.45) is 4.99 Å². The number of para-hydroxylation sites is 1. The van der Waals surface area contributed by atoms with Gasteiger partial charge >= 0.3 is 5.97 Å². The molecule has 4 aromatic rings. The van der Waals surface area contributed by atoms with Crippen molar-refractivity contribution in [1.29, 1.82) is 0 Å². The molecular formula is C31H29ClN2O5S. The maximum absolute atomic E-state index is 14.0. The van der Waals surface area contributed by atoms with Crippen molar-refractivity contribution in [2.75, 3.05) is 6.61 Å². The molecule has 1 aliphatic heterocycles. The third-order valence-electron chi connectivity index (χ3n) is 6.46. The molecule has 0 aliphatic carbocycles. The SMILES string of the molecule is CCOC(=O)C1=C(C)N=c2s/c(=C\c3ccc(-c4cc(Cl)ccc4C)o3)c(=O)n2[C@H]1c1ccccc1OC(C)C. The van der Waals surface area contributed by atoms with Gasteiger partial charge in [-0.15, -0.1) is 0 Å². The Hall–Kier alpha value is -3.88. The van der Waals surface area contributed by atoms with Crippen molar-refractivity contribution in [1.82, 2.24) is 4.57 Å². The summed E-state index contributed by atoms with van der Waals surface area (Å²) in [7, 11) is 0. The van der Waals surface area contributed by atoms with E-state index in [9.17, 15) is 9.59 Å². The number of esters is 1. The maximum atomic E-state index is 14.0. The lowest BCUT2D eigenvalue weighted by atomic mass is 9.95. The molecule has 0 amide bonds. The molecular weight excluding hydrogens is 548 g/mol. The minimum atomic E-state index is -0.770. The van der Waals surface area contributed by atoms with Crippen molar-refractivity contribution < 1.29 is 18.7 Å². The monoisotopic (exact) mass is 576 g/mol. The second kappa shape index (κ2) is 11.3. The van der Waals surface area contributed by atoms with Gasteiger partial charge in [0.05, 0.1) is 28.5 Å². The number of rotatable bonds is 7. The smallest absolute Gasteiger partial charge is 0.338 e. The molecule has 9 heteroatoms. The molecule has 0 unspecified atom stereocenters. The fraction of sp³-hybridized carbons (Fsp3) is 0.258. The molecule has 1 atom stereocenters. The first-order chi connectivity index (χ1) is 19.2. The molecule has 0 N–H and O–H groups in total. The zero-order valence-electron chi connectivity index (χ0n) is 22.9. The molecule has 3 heterocycles. The number of carbonyl (C=O) groups is 1. The molecule has 2 aromatic heterocycles. The molecule has 0 saturated carbocycles. The summed E-state index contributed by atoms with van der Waals surface area (Å²) in [6.45, 7) is 9.54. The van der Waals surface area contributed by atoms with Crippen LogP contribution in [0.5, 0.6) is 5.75 Å². The minimum Gasteiger partial charge on any atom is -0.491 e. The molecule has 1 aliphatic rings. The molecule has 7 nitrogen and oxygen atoms in total. The van der Waals surface area contributed by atoms with E-state index in [0.29, 0.717) is 48.5 Å². The van der Waals surface area contributed by atoms with Gasteiger partial charge in [-0.1, -0.05) is 47.2 Å². The van der Waals surface area contributed by atoms with E-state index >= 15 is 0 Å². The summed E-state index contributed by atoms with van der Waals surface area (Å²) in [4.78, 5) is 32.3. The van der Waals surface area contributed by atoms with Gasteiger partial charge in [0, 0.05) is 22.2 Å². The minimum absolute atomic E-state index is 0.107. The van der Waals surface area contributed by atoms with Crippen LogP contribution in [0.1, 0.15) is 50.6 Å². The lowest BCUT2D eigenvalue weighted by molar-refractivity contribution is -0.139. The van der Waals surface area contributed by atoms with Crippen LogP contribution in [0.3, 0.4) is 0 Å². The molecule has 0 fully saturated rings. The topological polar surface area (TPSA) is 83.0 Å². The van der Waals surface area contributed by atoms with Gasteiger partial charge in [0.25, 0.3) is 5.56 Å². The zero-order valence-corrected chi connectivity index (χ0v) is 24.4. The Kier molecular flexibility index (Phi) is 7.83. The van der Waals surface area contributed by atoms with E-state index in [0.717, 1.165) is 11.1 Å². The lowest BCUT2D eigenvalue weighted by Crippen LogP contribution is -2.40. The number of allylic oxidation sites excluding steroid dienone is 1. The van der Waals surface area contributed by atoms with Gasteiger partial charge in [0.15, 0.2) is 4.80 Å². The number of ether oxygens (including phenoxy) is 2. The number of aromatic nitrogens is 1. The summed E-state index contributed by atoms with van der Waals surface area (Å²) >= 11 is 7.44. The van der Waals surface area contributed by atoms with Crippen molar-refractivity contribution in [3.05, 3.63) is 107 Å². The summed E-state index contributed by atoms with van der Waals surface area (Å²) in [6.07, 6.45) is 1.59. The Bertz CT molecular complexity index is 1810. The van der Waals surface area contributed by atoms with E-state index in [1.165, 1.54) is 11.3 Å². The molecule has 5 rings (SSSR count). The molecule has 0 bridgehead atoms. The Labute approximate surface area is 240 Å². The summed E-state index contributed by atoms with van der Waals surface area (Å²) in [5, 5.41) is 0.612. The van der Waals surface area contributed by atoms with E-state index in [1.54, 1.807) is 24.5 Å². The van der Waals surface area contributed by atoms with Crippen LogP contribution in [0, 0.1) is 6.92 Å². The predicted molar refractivity (Wildman–Crippen MR) is 156 cm³/mol. The number of hydrogen-bond donors (Lipinski definition) is 0. The van der Waals surface area contributed by atoms with Crippen LogP contribution in [0.2, 0.25) is 5.02 Å². The number of carbonyl (C=O) groups excluding carboxylic acids is 1. The van der Waals surface area contributed by atoms with E-state index < -0.39 is 12.0 Å². The van der Waals surface area contributed by atoms with E-state index in [2.05, 4.69) is 4.99 Å². The van der Waals surface area contributed by atoms with Gasteiger partial charge in [-0.2, -0.15) is 0 Å². The van der Waals surface area contributed by atoms with Crippen LogP contribution in [0.4, 0.5) is 0 Å². The van der Waals surface area contributed by atoms with Crippen LogP contribution in [0.15, 0.2) is 80.1 Å². The number of fused-ring (bicyclic) bond motifs is 1. The Morgan fingerprint density at radius 3 is 2.70 bits per heavy atom. The molecule has 206 valence electrons. The van der Waals surface area contributed by atoms with Gasteiger partial charge in [0.1, 0.15) is 23.3 Å². The second-order valence-corrected chi connectivity index (χ2v) is 11.1. The highest BCUT2D eigenvalue weighted by atomic mass is 35.5. The fourth-order valence-electron chi connectivity index (χ4n) is 4.72. The van der Waals surface area contributed by atoms with E-state index in [-0.39, 0.29) is 18.3 Å². The predicted octanol–water partition coefficient (Wildman–Crippen LogP) is 5.81. The molecule has 0 spiro atoms. The maximum Gasteiger partial charge on any atom is 0.338 e. The summed E-state index contributed by atoms with van der Waals surface area (Å²) in [6, 6.07) is 15.9. The van der Waals surface area contributed by atoms with Gasteiger partial charge in [-0.3, -0.25) is 9.36 Å². The number of hydrogen-bond acceptors (Lipinski definition) is 7. The van der Waals surface area contributed by atoms with Crippen molar-refractivity contribution in [3.63, 3.8) is 0 Å². The van der Waals surface area contributed by atoms with E-state index in [4.69, 9.17) is 25.5 Å². The number of furan rings is 1. The standard InChI is InChI=1S/C31H29ClN2O5S/c1-6-37-30(36)27-19(5)33-31-34(28(27)22-9-7-8-10-24(22)38-17(2)3)29(35)26(40-31)16-21-13-14-25(39-21)23-15-20(32)12-11-18(23)4/h7-17,28H,6H2,1-5H3/b26-16-/t28-/m0/s1. The lowest BCUT2D eigenvalue weighted by Gasteiger charge is -2.26. The van der Waals surface area contributed by atoms with E-state index in [1.807, 2.05) is 75.4 Å². The van der Waals surface area contributed by atoms with Gasteiger partial charge in [0.2, 0.25) is 0 Å². The van der Waals surface area contributed by atoms with Gasteiger partial charge < -0.3 is 13.9 Å². The first kappa shape index (κ1) is 27.7. The van der Waals surface area contributed by atoms with Gasteiger partial charge in [-0.25, -0.2) is 9.79 Å². The average Bonchev–Trinajstić information content (AvgIpc) is 3.49. The summed E-state index contributed by atoms with van der Waals surface area (Å²) in [5.74, 6) is 1.23. The van der Waals surface area contributed by atoms with Crippen molar-refractivity contribution in [2.45, 2.75) is 46.8 Å². The van der Waals surface area contributed by atoms with Crippen LogP contribution in [-0.4, -0.2) is 23.2 Å². The normalized spacial score (nSPS) is 15.3. The number of aryl methyl sites for hydroxylation is 1. The zero-order chi connectivity index (χ0) is 28.6. The highest BCUT2D eigenvalue weighted by molar-refractivity contribution is 7.07. The number of thiazole rings is 1. The largest absolute Gasteiger partial charge is 0.491 e. The number of nitrogens with zero attached hydrogens (tertiary/aromatic N) is 2. The molecule has 40 heavy (non-hydrogen) atoms. The van der Waals surface area contributed by atoms with Crippen LogP contribution in [0.25, 0.3) is 17.4 Å². The molecule has 0 radical (unpaired) electrons. The van der Waals surface area contributed by atoms with Gasteiger partial charge in [-0.05, 0) is 70.5 Å². The first-order valence-corrected chi connectivity index (χ1v) is 14.2. The third-order valence-corrected chi connectivity index (χ3v) is 7.68. The Morgan fingerprint density at radius 1 is 1.18 bits per heavy atom. The van der Waals surface area contributed by atoms with Crippen molar-refractivity contribution >= 4 is 35.0 Å². The quantitative estimate of drug-likeness (QED) is 0.259. The third kappa shape index (κ3) is 5.29. The second-order valence-electron chi connectivity index (χ2n) is 9.67. The highest BCUT2D eigenvalue weighted by Crippen LogP contribution is 2.36. The number of benzene rings is 2. The van der Waals surface area contributed by atoms with Crippen molar-refractivity contribution in [3.8, 4) is 17.1 Å². The summed E-state index contributed by atoms with van der Waals surface area (Å²) in [5.41, 5.74) is 3.08.